The average Bonchev–Trinajstić information content (AvgIpc) is 2.28. The van der Waals surface area contributed by atoms with Crippen LogP contribution in [0.2, 0.25) is 0 Å². The number of nitrogens with zero attached hydrogens (tertiary/aromatic N) is 1. The van der Waals surface area contributed by atoms with E-state index in [-0.39, 0.29) is 6.61 Å². The Morgan fingerprint density at radius 1 is 1.25 bits per heavy atom. The highest BCUT2D eigenvalue weighted by molar-refractivity contribution is 5.72. The Hall–Kier alpha value is -1.62. The number of nitrogen functional groups attached to an aromatic ring is 1. The molecule has 1 aromatic rings. The molecule has 0 aromatic heterocycles. The zero-order valence-electron chi connectivity index (χ0n) is 9.86. The predicted molar refractivity (Wildman–Crippen MR) is 64.3 cm³/mol. The highest BCUT2D eigenvalue weighted by Gasteiger charge is 2.11. The number of rotatable bonds is 5. The second-order valence-corrected chi connectivity index (χ2v) is 3.41. The normalized spacial score (nSPS) is 10.0. The Balaban J connectivity index is 3.10. The number of aliphatic hydroxyl groups is 1. The second kappa shape index (κ2) is 5.46. The summed E-state index contributed by atoms with van der Waals surface area (Å²) in [6.07, 6.45) is 0. The third-order valence-corrected chi connectivity index (χ3v) is 2.38. The van der Waals surface area contributed by atoms with E-state index in [9.17, 15) is 0 Å². The van der Waals surface area contributed by atoms with Gasteiger partial charge in [0.2, 0.25) is 0 Å². The summed E-state index contributed by atoms with van der Waals surface area (Å²) in [5.74, 6) is 1.22. The van der Waals surface area contributed by atoms with Gasteiger partial charge in [-0.25, -0.2) is 0 Å². The molecule has 5 heteroatoms. The van der Waals surface area contributed by atoms with Crippen LogP contribution in [0.3, 0.4) is 0 Å². The van der Waals surface area contributed by atoms with Crippen molar-refractivity contribution < 1.29 is 14.6 Å². The van der Waals surface area contributed by atoms with Crippen molar-refractivity contribution in [3.63, 3.8) is 0 Å². The molecule has 0 amide bonds. The lowest BCUT2D eigenvalue weighted by molar-refractivity contribution is 0.304. The highest BCUT2D eigenvalue weighted by Crippen LogP contribution is 2.36. The molecule has 5 nitrogen and oxygen atoms in total. The fraction of sp³-hybridized carbons (Fsp3) is 0.455. The molecule has 3 N–H and O–H groups in total. The van der Waals surface area contributed by atoms with Crippen molar-refractivity contribution in [3.05, 3.63) is 12.1 Å². The molecule has 0 heterocycles. The first-order valence-corrected chi connectivity index (χ1v) is 4.97. The van der Waals surface area contributed by atoms with Gasteiger partial charge in [0.15, 0.2) is 11.5 Å². The first-order valence-electron chi connectivity index (χ1n) is 4.97. The van der Waals surface area contributed by atoms with Gasteiger partial charge in [-0.2, -0.15) is 0 Å². The van der Waals surface area contributed by atoms with Crippen LogP contribution in [0.5, 0.6) is 11.5 Å². The van der Waals surface area contributed by atoms with Gasteiger partial charge in [-0.1, -0.05) is 0 Å². The molecule has 16 heavy (non-hydrogen) atoms. The molecule has 0 unspecified atom stereocenters. The number of aliphatic hydroxyl groups excluding tert-OH is 1. The number of benzene rings is 1. The van der Waals surface area contributed by atoms with Gasteiger partial charge in [0, 0.05) is 25.7 Å². The third-order valence-electron chi connectivity index (χ3n) is 2.38. The summed E-state index contributed by atoms with van der Waals surface area (Å²) in [6, 6.07) is 3.51. The maximum Gasteiger partial charge on any atom is 0.162 e. The minimum atomic E-state index is 0.0737. The van der Waals surface area contributed by atoms with Gasteiger partial charge >= 0.3 is 0 Å². The van der Waals surface area contributed by atoms with E-state index in [1.54, 1.807) is 26.4 Å². The van der Waals surface area contributed by atoms with Gasteiger partial charge in [0.25, 0.3) is 0 Å². The first kappa shape index (κ1) is 12.4. The number of methoxy groups -OCH3 is 2. The van der Waals surface area contributed by atoms with Crippen molar-refractivity contribution in [3.8, 4) is 11.5 Å². The average molecular weight is 226 g/mol. The molecule has 0 radical (unpaired) electrons. The van der Waals surface area contributed by atoms with Crippen molar-refractivity contribution in [2.45, 2.75) is 0 Å². The summed E-state index contributed by atoms with van der Waals surface area (Å²) in [5.41, 5.74) is 7.30. The van der Waals surface area contributed by atoms with Gasteiger partial charge in [0.05, 0.1) is 32.2 Å². The summed E-state index contributed by atoms with van der Waals surface area (Å²) in [6.45, 7) is 0.587. The van der Waals surface area contributed by atoms with E-state index in [4.69, 9.17) is 20.3 Å². The molecule has 0 saturated heterocycles. The molecule has 0 fully saturated rings. The Bertz CT molecular complexity index is 355. The van der Waals surface area contributed by atoms with Crippen LogP contribution >= 0.6 is 0 Å². The topological polar surface area (TPSA) is 68.0 Å². The van der Waals surface area contributed by atoms with Crippen molar-refractivity contribution in [1.29, 1.82) is 0 Å². The number of anilines is 2. The van der Waals surface area contributed by atoms with E-state index in [2.05, 4.69) is 0 Å². The summed E-state index contributed by atoms with van der Waals surface area (Å²) < 4.78 is 10.3. The molecular weight excluding hydrogens is 208 g/mol. The standard InChI is InChI=1S/C11H18N2O3/c1-13(4-5-14)9-7-11(16-3)10(15-2)6-8(9)12/h6-7,14H,4-5,12H2,1-3H3. The lowest BCUT2D eigenvalue weighted by Crippen LogP contribution is -2.22. The number of hydrogen-bond donors (Lipinski definition) is 2. The van der Waals surface area contributed by atoms with Crippen molar-refractivity contribution in [2.24, 2.45) is 0 Å². The van der Waals surface area contributed by atoms with Crippen LogP contribution in [-0.2, 0) is 0 Å². The predicted octanol–water partition coefficient (Wildman–Crippen LogP) is 0.714. The smallest absolute Gasteiger partial charge is 0.162 e. The molecule has 0 aliphatic carbocycles. The SMILES string of the molecule is COc1cc(N)c(N(C)CCO)cc1OC. The molecule has 1 aromatic carbocycles. The molecule has 0 bridgehead atoms. The zero-order chi connectivity index (χ0) is 12.1. The number of hydrogen-bond acceptors (Lipinski definition) is 5. The lowest BCUT2D eigenvalue weighted by Gasteiger charge is -2.21. The maximum atomic E-state index is 8.88. The summed E-state index contributed by atoms with van der Waals surface area (Å²) in [7, 11) is 4.99. The van der Waals surface area contributed by atoms with Crippen LogP contribution in [0, 0.1) is 0 Å². The van der Waals surface area contributed by atoms with Gasteiger partial charge in [0.1, 0.15) is 0 Å². The second-order valence-electron chi connectivity index (χ2n) is 3.41. The monoisotopic (exact) mass is 226 g/mol. The fourth-order valence-electron chi connectivity index (χ4n) is 1.49. The molecular formula is C11H18N2O3. The van der Waals surface area contributed by atoms with Gasteiger partial charge in [-0.05, 0) is 0 Å². The first-order chi connectivity index (χ1) is 7.63. The quantitative estimate of drug-likeness (QED) is 0.724. The van der Waals surface area contributed by atoms with Crippen LogP contribution in [0.25, 0.3) is 0 Å². The Morgan fingerprint density at radius 3 is 2.31 bits per heavy atom. The van der Waals surface area contributed by atoms with E-state index in [1.165, 1.54) is 0 Å². The summed E-state index contributed by atoms with van der Waals surface area (Å²) >= 11 is 0. The largest absolute Gasteiger partial charge is 0.493 e. The molecule has 0 saturated carbocycles. The van der Waals surface area contributed by atoms with Crippen molar-refractivity contribution in [2.75, 3.05) is 45.1 Å². The Kier molecular flexibility index (Phi) is 4.25. The highest BCUT2D eigenvalue weighted by atomic mass is 16.5. The minimum absolute atomic E-state index is 0.0737. The van der Waals surface area contributed by atoms with Crippen molar-refractivity contribution in [1.82, 2.24) is 0 Å². The van der Waals surface area contributed by atoms with E-state index in [0.29, 0.717) is 23.7 Å². The summed E-state index contributed by atoms with van der Waals surface area (Å²) in [4.78, 5) is 1.86. The molecule has 90 valence electrons. The van der Waals surface area contributed by atoms with Gasteiger partial charge in [-0.15, -0.1) is 0 Å². The van der Waals surface area contributed by atoms with E-state index in [1.807, 2.05) is 11.9 Å². The van der Waals surface area contributed by atoms with Crippen LogP contribution in [-0.4, -0.2) is 39.5 Å². The van der Waals surface area contributed by atoms with Gasteiger partial charge in [-0.3, -0.25) is 0 Å². The molecule has 1 rings (SSSR count). The third kappa shape index (κ3) is 2.49. The maximum absolute atomic E-state index is 8.88. The molecule has 0 aliphatic rings. The molecule has 0 atom stereocenters. The number of nitrogens with two attached hydrogens (primary N) is 1. The molecule has 0 spiro atoms. The van der Waals surface area contributed by atoms with Crippen LogP contribution in [0.4, 0.5) is 11.4 Å². The fourth-order valence-corrected chi connectivity index (χ4v) is 1.49. The minimum Gasteiger partial charge on any atom is -0.493 e. The van der Waals surface area contributed by atoms with Gasteiger partial charge < -0.3 is 25.2 Å². The van der Waals surface area contributed by atoms with E-state index >= 15 is 0 Å². The van der Waals surface area contributed by atoms with E-state index in [0.717, 1.165) is 5.69 Å². The Labute approximate surface area is 95.4 Å². The summed E-state index contributed by atoms with van der Waals surface area (Å²) in [5, 5.41) is 8.88. The van der Waals surface area contributed by atoms with E-state index < -0.39 is 0 Å². The Morgan fingerprint density at radius 2 is 1.81 bits per heavy atom. The molecule has 0 aliphatic heterocycles. The zero-order valence-corrected chi connectivity index (χ0v) is 9.86. The number of likely N-dealkylation sites (N-methyl/N-ethyl adjacent to an activating group) is 1. The van der Waals surface area contributed by atoms with Crippen LogP contribution < -0.4 is 20.1 Å². The number of ether oxygens (including phenoxy) is 2. The lowest BCUT2D eigenvalue weighted by atomic mass is 10.2. The van der Waals surface area contributed by atoms with Crippen LogP contribution in [0.15, 0.2) is 12.1 Å². The van der Waals surface area contributed by atoms with Crippen LogP contribution in [0.1, 0.15) is 0 Å². The van der Waals surface area contributed by atoms with Crippen molar-refractivity contribution >= 4 is 11.4 Å².